The number of halogens is 1. The van der Waals surface area contributed by atoms with E-state index >= 15 is 0 Å². The molecule has 1 saturated carbocycles. The van der Waals surface area contributed by atoms with Gasteiger partial charge >= 0.3 is 5.97 Å². The van der Waals surface area contributed by atoms with E-state index in [0.29, 0.717) is 6.42 Å². The molecule has 1 aliphatic carbocycles. The highest BCUT2D eigenvalue weighted by molar-refractivity contribution is 9.10. The molecule has 0 aliphatic heterocycles. The number of carbonyl (C=O) groups is 2. The summed E-state index contributed by atoms with van der Waals surface area (Å²) in [6.45, 7) is 1.98. The number of alkyl halides is 1. The first-order valence-corrected chi connectivity index (χ1v) is 5.09. The van der Waals surface area contributed by atoms with Gasteiger partial charge in [0.15, 0.2) is 5.78 Å². The summed E-state index contributed by atoms with van der Waals surface area (Å²) in [5, 5.41) is 0. The van der Waals surface area contributed by atoms with E-state index in [2.05, 4.69) is 15.9 Å². The van der Waals surface area contributed by atoms with Gasteiger partial charge in [-0.2, -0.15) is 0 Å². The van der Waals surface area contributed by atoms with Crippen molar-refractivity contribution in [3.8, 4) is 0 Å². The van der Waals surface area contributed by atoms with Crippen LogP contribution in [0.2, 0.25) is 0 Å². The maximum Gasteiger partial charge on any atom is 0.318 e. The molecule has 0 amide bonds. The minimum atomic E-state index is -0.774. The normalized spacial score (nSPS) is 33.5. The summed E-state index contributed by atoms with van der Waals surface area (Å²) >= 11 is 3.17. The van der Waals surface area contributed by atoms with Crippen LogP contribution < -0.4 is 5.73 Å². The van der Waals surface area contributed by atoms with E-state index in [4.69, 9.17) is 10.5 Å². The van der Waals surface area contributed by atoms with Crippen molar-refractivity contribution >= 4 is 27.7 Å². The quantitative estimate of drug-likeness (QED) is 0.432. The van der Waals surface area contributed by atoms with E-state index in [1.807, 2.05) is 0 Å². The Balaban J connectivity index is 2.68. The lowest BCUT2D eigenvalue weighted by Crippen LogP contribution is -2.35. The molecule has 74 valence electrons. The zero-order valence-electron chi connectivity index (χ0n) is 7.33. The van der Waals surface area contributed by atoms with Crippen LogP contribution in [0.3, 0.4) is 0 Å². The molecule has 0 aromatic rings. The Labute approximate surface area is 84.9 Å². The molecule has 3 unspecified atom stereocenters. The lowest BCUT2D eigenvalue weighted by molar-refractivity contribution is -0.150. The first-order valence-electron chi connectivity index (χ1n) is 4.18. The van der Waals surface area contributed by atoms with Crippen molar-refractivity contribution in [2.24, 2.45) is 11.7 Å². The number of ether oxygens (including phenoxy) is 1. The third kappa shape index (κ3) is 2.08. The van der Waals surface area contributed by atoms with Crippen LogP contribution in [0.5, 0.6) is 0 Å². The molecule has 0 radical (unpaired) electrons. The molecule has 0 spiro atoms. The van der Waals surface area contributed by atoms with Gasteiger partial charge in [0.1, 0.15) is 5.92 Å². The van der Waals surface area contributed by atoms with E-state index in [0.717, 1.165) is 0 Å². The average Bonchev–Trinajstić information content (AvgIpc) is 2.27. The fraction of sp³-hybridized carbons (Fsp3) is 0.750. The second-order valence-corrected chi connectivity index (χ2v) is 4.10. The molecule has 0 saturated heterocycles. The van der Waals surface area contributed by atoms with Gasteiger partial charge in [-0.3, -0.25) is 9.59 Å². The summed E-state index contributed by atoms with van der Waals surface area (Å²) in [6, 6.07) is -0.407. The van der Waals surface area contributed by atoms with Gasteiger partial charge in [-0.05, 0) is 13.3 Å². The molecule has 13 heavy (non-hydrogen) atoms. The Bertz CT molecular complexity index is 231. The number of rotatable bonds is 2. The topological polar surface area (TPSA) is 69.4 Å². The Morgan fingerprint density at radius 3 is 2.77 bits per heavy atom. The maximum atomic E-state index is 11.4. The predicted molar refractivity (Wildman–Crippen MR) is 50.4 cm³/mol. The molecule has 0 aromatic heterocycles. The van der Waals surface area contributed by atoms with Gasteiger partial charge in [-0.15, -0.1) is 0 Å². The number of hydrogen-bond donors (Lipinski definition) is 1. The molecule has 1 fully saturated rings. The van der Waals surface area contributed by atoms with Crippen molar-refractivity contribution in [3.63, 3.8) is 0 Å². The smallest absolute Gasteiger partial charge is 0.318 e. The Morgan fingerprint density at radius 2 is 2.38 bits per heavy atom. The highest BCUT2D eigenvalue weighted by Crippen LogP contribution is 2.27. The molecule has 0 heterocycles. The Kier molecular flexibility index (Phi) is 3.44. The van der Waals surface area contributed by atoms with Crippen molar-refractivity contribution in [2.75, 3.05) is 6.61 Å². The first kappa shape index (κ1) is 10.7. The molecule has 5 heteroatoms. The van der Waals surface area contributed by atoms with Gasteiger partial charge < -0.3 is 10.5 Å². The van der Waals surface area contributed by atoms with Gasteiger partial charge in [0, 0.05) is 6.04 Å². The van der Waals surface area contributed by atoms with Crippen LogP contribution in [0.4, 0.5) is 0 Å². The van der Waals surface area contributed by atoms with Crippen LogP contribution in [0, 0.1) is 5.92 Å². The van der Waals surface area contributed by atoms with Crippen LogP contribution in [-0.4, -0.2) is 29.2 Å². The van der Waals surface area contributed by atoms with E-state index < -0.39 is 17.9 Å². The second-order valence-electron chi connectivity index (χ2n) is 3.00. The number of esters is 1. The van der Waals surface area contributed by atoms with Crippen molar-refractivity contribution in [2.45, 2.75) is 24.2 Å². The number of carbonyl (C=O) groups excluding carboxylic acids is 2. The molecule has 1 rings (SSSR count). The third-order valence-electron chi connectivity index (χ3n) is 2.06. The van der Waals surface area contributed by atoms with E-state index in [1.54, 1.807) is 6.92 Å². The minimum Gasteiger partial charge on any atom is -0.465 e. The molecule has 0 aromatic carbocycles. The van der Waals surface area contributed by atoms with E-state index in [1.165, 1.54) is 0 Å². The summed E-state index contributed by atoms with van der Waals surface area (Å²) in [4.78, 5) is 22.4. The fourth-order valence-corrected chi connectivity index (χ4v) is 2.14. The highest BCUT2D eigenvalue weighted by Gasteiger charge is 2.44. The lowest BCUT2D eigenvalue weighted by atomic mass is 10.0. The van der Waals surface area contributed by atoms with E-state index in [-0.39, 0.29) is 17.2 Å². The largest absolute Gasteiger partial charge is 0.465 e. The van der Waals surface area contributed by atoms with Crippen LogP contribution in [0.1, 0.15) is 13.3 Å². The standard InChI is InChI=1S/C8H12BrNO3/c1-2-13-8(12)6-5(10)3-4(9)7(6)11/h4-6H,2-3,10H2,1H3. The summed E-state index contributed by atoms with van der Waals surface area (Å²) in [7, 11) is 0. The van der Waals surface area contributed by atoms with Crippen LogP contribution in [-0.2, 0) is 14.3 Å². The lowest BCUT2D eigenvalue weighted by Gasteiger charge is -2.11. The number of nitrogens with two attached hydrogens (primary N) is 1. The van der Waals surface area contributed by atoms with Gasteiger partial charge in [0.05, 0.1) is 11.4 Å². The molecular formula is C8H12BrNO3. The summed E-state index contributed by atoms with van der Waals surface area (Å²) < 4.78 is 4.75. The summed E-state index contributed by atoms with van der Waals surface area (Å²) in [5.41, 5.74) is 5.64. The summed E-state index contributed by atoms with van der Waals surface area (Å²) in [6.07, 6.45) is 0.502. The summed E-state index contributed by atoms with van der Waals surface area (Å²) in [5.74, 6) is -1.43. The molecule has 1 aliphatic rings. The molecule has 2 N–H and O–H groups in total. The monoisotopic (exact) mass is 249 g/mol. The molecule has 3 atom stereocenters. The van der Waals surface area contributed by atoms with Crippen molar-refractivity contribution in [3.05, 3.63) is 0 Å². The first-order chi connectivity index (χ1) is 6.07. The van der Waals surface area contributed by atoms with Gasteiger partial charge in [0.25, 0.3) is 0 Å². The van der Waals surface area contributed by atoms with Crippen molar-refractivity contribution in [1.29, 1.82) is 0 Å². The van der Waals surface area contributed by atoms with Crippen LogP contribution in [0.25, 0.3) is 0 Å². The highest BCUT2D eigenvalue weighted by atomic mass is 79.9. The maximum absolute atomic E-state index is 11.4. The molecule has 0 bridgehead atoms. The predicted octanol–water partition coefficient (Wildman–Crippen LogP) is 0.229. The zero-order valence-corrected chi connectivity index (χ0v) is 8.91. The number of ketones is 1. The Morgan fingerprint density at radius 1 is 1.77 bits per heavy atom. The zero-order chi connectivity index (χ0) is 10.0. The van der Waals surface area contributed by atoms with Gasteiger partial charge in [-0.1, -0.05) is 15.9 Å². The molecular weight excluding hydrogens is 238 g/mol. The van der Waals surface area contributed by atoms with Crippen molar-refractivity contribution in [1.82, 2.24) is 0 Å². The van der Waals surface area contributed by atoms with Gasteiger partial charge in [0.2, 0.25) is 0 Å². The minimum absolute atomic E-state index is 0.161. The SMILES string of the molecule is CCOC(=O)C1C(=O)C(Br)CC1N. The van der Waals surface area contributed by atoms with Gasteiger partial charge in [-0.25, -0.2) is 0 Å². The number of Topliss-reactive ketones (excluding diaryl/α,β-unsaturated/α-hetero) is 1. The van der Waals surface area contributed by atoms with Crippen molar-refractivity contribution < 1.29 is 14.3 Å². The van der Waals surface area contributed by atoms with E-state index in [9.17, 15) is 9.59 Å². The van der Waals surface area contributed by atoms with Crippen LogP contribution >= 0.6 is 15.9 Å². The average molecular weight is 250 g/mol. The second kappa shape index (κ2) is 4.19. The van der Waals surface area contributed by atoms with Crippen LogP contribution in [0.15, 0.2) is 0 Å². The number of hydrogen-bond acceptors (Lipinski definition) is 4. The molecule has 4 nitrogen and oxygen atoms in total. The third-order valence-corrected chi connectivity index (χ3v) is 2.89. The fourth-order valence-electron chi connectivity index (χ4n) is 1.42. The Hall–Kier alpha value is -0.420.